The molecule has 4 rings (SSSR count). The van der Waals surface area contributed by atoms with Crippen LogP contribution < -0.4 is 4.90 Å². The predicted molar refractivity (Wildman–Crippen MR) is 105 cm³/mol. The van der Waals surface area contributed by atoms with Crippen molar-refractivity contribution in [2.45, 2.75) is 6.92 Å². The number of aromatic nitrogens is 4. The van der Waals surface area contributed by atoms with Crippen LogP contribution in [0.25, 0.3) is 5.69 Å². The topological polar surface area (TPSA) is 110 Å². The van der Waals surface area contributed by atoms with Gasteiger partial charge in [0.15, 0.2) is 0 Å². The van der Waals surface area contributed by atoms with Crippen LogP contribution in [0, 0.1) is 17.0 Å². The number of hydrogen-bond acceptors (Lipinski definition) is 7. The lowest BCUT2D eigenvalue weighted by atomic mass is 10.1. The smallest absolute Gasteiger partial charge is 0.285 e. The molecule has 1 aliphatic heterocycles. The van der Waals surface area contributed by atoms with Crippen molar-refractivity contribution in [1.82, 2.24) is 25.1 Å². The summed E-state index contributed by atoms with van der Waals surface area (Å²) in [5.41, 5.74) is 1.31. The monoisotopic (exact) mass is 393 g/mol. The Balaban J connectivity index is 1.50. The van der Waals surface area contributed by atoms with Crippen molar-refractivity contribution >= 4 is 17.5 Å². The van der Waals surface area contributed by atoms with Gasteiger partial charge >= 0.3 is 0 Å². The van der Waals surface area contributed by atoms with Gasteiger partial charge in [0.05, 0.1) is 10.6 Å². The zero-order valence-corrected chi connectivity index (χ0v) is 15.8. The standard InChI is InChI=1S/C19H19N7O3/c1-14-6-5-9-16(17(14)26(28)29)18(27)23-10-12-24(13-11-23)19-20-21-22-25(19)15-7-3-2-4-8-15/h2-9H,10-13H2,1H3. The van der Waals surface area contributed by atoms with Gasteiger partial charge in [-0.2, -0.15) is 4.68 Å². The van der Waals surface area contributed by atoms with Crippen LogP contribution >= 0.6 is 0 Å². The number of nitro groups is 1. The summed E-state index contributed by atoms with van der Waals surface area (Å²) in [6.45, 7) is 3.53. The molecule has 2 heterocycles. The van der Waals surface area contributed by atoms with Crippen molar-refractivity contribution in [2.75, 3.05) is 31.1 Å². The number of carbonyl (C=O) groups is 1. The predicted octanol–water partition coefficient (Wildman–Crippen LogP) is 1.84. The third-order valence-electron chi connectivity index (χ3n) is 4.95. The number of para-hydroxylation sites is 2. The van der Waals surface area contributed by atoms with Crippen molar-refractivity contribution < 1.29 is 9.72 Å². The first-order chi connectivity index (χ1) is 14.1. The average Bonchev–Trinajstić information content (AvgIpc) is 3.23. The summed E-state index contributed by atoms with van der Waals surface area (Å²) in [4.78, 5) is 27.5. The molecule has 10 heteroatoms. The Kier molecular flexibility index (Phi) is 4.90. The Bertz CT molecular complexity index is 1040. The summed E-state index contributed by atoms with van der Waals surface area (Å²) in [5, 5.41) is 23.4. The number of piperazine rings is 1. The number of anilines is 1. The molecule has 29 heavy (non-hydrogen) atoms. The molecular weight excluding hydrogens is 374 g/mol. The summed E-state index contributed by atoms with van der Waals surface area (Å²) < 4.78 is 1.66. The minimum atomic E-state index is -0.493. The molecule has 148 valence electrons. The molecule has 0 atom stereocenters. The minimum absolute atomic E-state index is 0.123. The third kappa shape index (κ3) is 3.51. The largest absolute Gasteiger partial charge is 0.336 e. The molecule has 1 aromatic heterocycles. The van der Waals surface area contributed by atoms with Gasteiger partial charge in [0.1, 0.15) is 5.56 Å². The van der Waals surface area contributed by atoms with E-state index in [9.17, 15) is 14.9 Å². The maximum atomic E-state index is 12.9. The molecular formula is C19H19N7O3. The summed E-state index contributed by atoms with van der Waals surface area (Å²) in [5.74, 6) is 0.271. The number of tetrazole rings is 1. The fraction of sp³-hybridized carbons (Fsp3) is 0.263. The van der Waals surface area contributed by atoms with Crippen LogP contribution in [0.2, 0.25) is 0 Å². The van der Waals surface area contributed by atoms with Crippen molar-refractivity contribution in [2.24, 2.45) is 0 Å². The van der Waals surface area contributed by atoms with Crippen LogP contribution in [-0.2, 0) is 0 Å². The lowest BCUT2D eigenvalue weighted by Gasteiger charge is -2.34. The Morgan fingerprint density at radius 1 is 1.03 bits per heavy atom. The third-order valence-corrected chi connectivity index (χ3v) is 4.95. The quantitative estimate of drug-likeness (QED) is 0.491. The Morgan fingerprint density at radius 2 is 1.76 bits per heavy atom. The van der Waals surface area contributed by atoms with Crippen LogP contribution in [0.4, 0.5) is 11.6 Å². The Morgan fingerprint density at radius 3 is 2.45 bits per heavy atom. The number of rotatable bonds is 4. The molecule has 0 aliphatic carbocycles. The fourth-order valence-corrected chi connectivity index (χ4v) is 3.47. The summed E-state index contributed by atoms with van der Waals surface area (Å²) >= 11 is 0. The normalized spacial score (nSPS) is 14.1. The number of aryl methyl sites for hydroxylation is 1. The van der Waals surface area contributed by atoms with Crippen molar-refractivity contribution in [1.29, 1.82) is 0 Å². The minimum Gasteiger partial charge on any atom is -0.336 e. The summed E-state index contributed by atoms with van der Waals surface area (Å²) in [7, 11) is 0. The highest BCUT2D eigenvalue weighted by atomic mass is 16.6. The highest BCUT2D eigenvalue weighted by Gasteiger charge is 2.30. The molecule has 0 radical (unpaired) electrons. The zero-order valence-electron chi connectivity index (χ0n) is 15.8. The van der Waals surface area contributed by atoms with E-state index in [4.69, 9.17) is 0 Å². The second kappa shape index (κ2) is 7.66. The van der Waals surface area contributed by atoms with Crippen molar-refractivity contribution in [3.8, 4) is 5.69 Å². The summed E-state index contributed by atoms with van der Waals surface area (Å²) in [6, 6.07) is 14.4. The molecule has 0 spiro atoms. The van der Waals surface area contributed by atoms with E-state index < -0.39 is 4.92 Å². The van der Waals surface area contributed by atoms with Gasteiger partial charge in [0.25, 0.3) is 11.6 Å². The highest BCUT2D eigenvalue weighted by Crippen LogP contribution is 2.25. The number of carbonyl (C=O) groups excluding carboxylic acids is 1. The van der Waals surface area contributed by atoms with Crippen molar-refractivity contribution in [3.63, 3.8) is 0 Å². The van der Waals surface area contributed by atoms with Crippen LogP contribution in [0.5, 0.6) is 0 Å². The van der Waals surface area contributed by atoms with E-state index in [1.165, 1.54) is 6.07 Å². The molecule has 0 bridgehead atoms. The molecule has 1 amide bonds. The van der Waals surface area contributed by atoms with Crippen LogP contribution in [-0.4, -0.2) is 62.1 Å². The van der Waals surface area contributed by atoms with E-state index in [2.05, 4.69) is 15.5 Å². The average molecular weight is 393 g/mol. The molecule has 1 fully saturated rings. The lowest BCUT2D eigenvalue weighted by Crippen LogP contribution is -2.49. The van der Waals surface area contributed by atoms with E-state index in [1.54, 1.807) is 28.6 Å². The maximum absolute atomic E-state index is 12.9. The zero-order chi connectivity index (χ0) is 20.4. The van der Waals surface area contributed by atoms with Gasteiger partial charge in [-0.3, -0.25) is 14.9 Å². The SMILES string of the molecule is Cc1cccc(C(=O)N2CCN(c3nnnn3-c3ccccc3)CC2)c1[N+](=O)[O-]. The van der Waals surface area contributed by atoms with Gasteiger partial charge in [0, 0.05) is 31.7 Å². The first kappa shape index (κ1) is 18.5. The number of nitrogens with zero attached hydrogens (tertiary/aromatic N) is 7. The van der Waals surface area contributed by atoms with Crippen LogP contribution in [0.15, 0.2) is 48.5 Å². The Hall–Kier alpha value is -3.82. The Labute approximate surface area is 166 Å². The first-order valence-electron chi connectivity index (χ1n) is 9.18. The molecule has 0 unspecified atom stereocenters. The number of benzene rings is 2. The molecule has 3 aromatic rings. The molecule has 0 N–H and O–H groups in total. The van der Waals surface area contributed by atoms with Crippen molar-refractivity contribution in [3.05, 3.63) is 69.8 Å². The highest BCUT2D eigenvalue weighted by molar-refractivity contribution is 5.98. The van der Waals surface area contributed by atoms with Crippen LogP contribution in [0.1, 0.15) is 15.9 Å². The second-order valence-corrected chi connectivity index (χ2v) is 6.73. The molecule has 0 saturated carbocycles. The summed E-state index contributed by atoms with van der Waals surface area (Å²) in [6.07, 6.45) is 0. The van der Waals surface area contributed by atoms with Gasteiger partial charge in [-0.05, 0) is 35.5 Å². The molecule has 10 nitrogen and oxygen atoms in total. The van der Waals surface area contributed by atoms with E-state index in [1.807, 2.05) is 35.2 Å². The van der Waals surface area contributed by atoms with Crippen LogP contribution in [0.3, 0.4) is 0 Å². The van der Waals surface area contributed by atoms with Gasteiger partial charge in [0.2, 0.25) is 5.95 Å². The molecule has 2 aromatic carbocycles. The van der Waals surface area contributed by atoms with E-state index in [0.717, 1.165) is 5.69 Å². The first-order valence-corrected chi connectivity index (χ1v) is 9.18. The van der Waals surface area contributed by atoms with E-state index >= 15 is 0 Å². The van der Waals surface area contributed by atoms with E-state index in [0.29, 0.717) is 37.7 Å². The maximum Gasteiger partial charge on any atom is 0.285 e. The van der Waals surface area contributed by atoms with E-state index in [-0.39, 0.29) is 17.2 Å². The van der Waals surface area contributed by atoms with Gasteiger partial charge < -0.3 is 9.80 Å². The molecule has 1 saturated heterocycles. The molecule has 1 aliphatic rings. The second-order valence-electron chi connectivity index (χ2n) is 6.73. The lowest BCUT2D eigenvalue weighted by molar-refractivity contribution is -0.385. The van der Waals surface area contributed by atoms with Gasteiger partial charge in [-0.25, -0.2) is 0 Å². The number of amides is 1. The number of hydrogen-bond donors (Lipinski definition) is 0. The van der Waals surface area contributed by atoms with Gasteiger partial charge in [-0.15, -0.1) is 0 Å². The number of nitro benzene ring substituents is 1. The fourth-order valence-electron chi connectivity index (χ4n) is 3.47. The van der Waals surface area contributed by atoms with Gasteiger partial charge in [-0.1, -0.05) is 35.4 Å².